The van der Waals surface area contributed by atoms with Crippen LogP contribution in [0.4, 0.5) is 52.2 Å². The Balaban J connectivity index is 0.000000133. The number of rotatable bonds is 12. The molecule has 9 aromatic carbocycles. The SMILES string of the molecule is CN1CCC(NC(=O)c2cnc(N)c3cc(-c4cccc(F)c4)ccc23)CC1.Cc1ccc(NC(=O)c2cnc(N)c3cc(-c4cccc(F)c4)ccc23)cn1.NC(=O)c1cnc(N)c2cc(-c3cccc(F)c3)ccc12.NCc1ccc(NC(=O)c2cnc(N)c3cc(-c4cccc(F)c4)ccc23)cc1. The van der Waals surface area contributed by atoms with E-state index in [0.717, 1.165) is 87.1 Å². The number of piperidine rings is 1. The van der Waals surface area contributed by atoms with Crippen molar-refractivity contribution in [3.05, 3.63) is 294 Å². The number of fused-ring (bicyclic) bond motifs is 4. The Morgan fingerprint density at radius 3 is 1.07 bits per heavy atom. The molecule has 1 fully saturated rings. The van der Waals surface area contributed by atoms with Crippen LogP contribution in [0.5, 0.6) is 0 Å². The molecule has 0 unspecified atom stereocenters. The molecule has 15 rings (SSSR count). The number of hydrogen-bond donors (Lipinski definition) is 9. The van der Waals surface area contributed by atoms with E-state index in [1.807, 2.05) is 85.8 Å². The van der Waals surface area contributed by atoms with Gasteiger partial charge in [-0.1, -0.05) is 109 Å². The summed E-state index contributed by atoms with van der Waals surface area (Å²) in [6.45, 7) is 4.26. The van der Waals surface area contributed by atoms with E-state index < -0.39 is 5.91 Å². The van der Waals surface area contributed by atoms with Crippen molar-refractivity contribution < 1.29 is 36.7 Å². The van der Waals surface area contributed by atoms with Crippen LogP contribution in [0.15, 0.2) is 237 Å². The zero-order valence-electron chi connectivity index (χ0n) is 57.4. The number of nitrogen functional groups attached to an aromatic ring is 4. The fraction of sp³-hybridized carbons (Fsp3) is 0.0964. The van der Waals surface area contributed by atoms with Crippen LogP contribution in [0, 0.1) is 30.2 Å². The monoisotopic (exact) mass is 1420 g/mol. The lowest BCUT2D eigenvalue weighted by atomic mass is 9.99. The van der Waals surface area contributed by atoms with Gasteiger partial charge in [0.05, 0.1) is 34.1 Å². The summed E-state index contributed by atoms with van der Waals surface area (Å²) in [5, 5.41) is 14.1. The number of nitrogens with zero attached hydrogens (tertiary/aromatic N) is 6. The van der Waals surface area contributed by atoms with Crippen molar-refractivity contribution in [1.82, 2.24) is 35.1 Å². The molecule has 106 heavy (non-hydrogen) atoms. The molecule has 4 amide bonds. The molecule has 1 aliphatic rings. The predicted octanol–water partition coefficient (Wildman–Crippen LogP) is 15.1. The van der Waals surface area contributed by atoms with Crippen LogP contribution in [-0.4, -0.2) is 79.6 Å². The summed E-state index contributed by atoms with van der Waals surface area (Å²) in [5.74, 6) is -1.27. The number of anilines is 6. The number of likely N-dealkylation sites (tertiary alicyclic amines) is 1. The molecule has 1 aliphatic heterocycles. The van der Waals surface area contributed by atoms with Gasteiger partial charge >= 0.3 is 0 Å². The maximum absolute atomic E-state index is 13.6. The topological polar surface area (TPSA) is 328 Å². The summed E-state index contributed by atoms with van der Waals surface area (Å²) in [6.07, 6.45) is 9.28. The van der Waals surface area contributed by atoms with Crippen LogP contribution in [-0.2, 0) is 6.54 Å². The third kappa shape index (κ3) is 17.0. The number of nitrogens with one attached hydrogen (secondary N) is 3. The van der Waals surface area contributed by atoms with Crippen LogP contribution in [0.1, 0.15) is 65.5 Å². The van der Waals surface area contributed by atoms with Gasteiger partial charge in [-0.25, -0.2) is 37.5 Å². The van der Waals surface area contributed by atoms with Crippen LogP contribution >= 0.6 is 0 Å². The van der Waals surface area contributed by atoms with Crippen molar-refractivity contribution >= 4 is 101 Å². The number of primary amides is 1. The van der Waals surface area contributed by atoms with Crippen molar-refractivity contribution in [2.45, 2.75) is 32.4 Å². The fourth-order valence-corrected chi connectivity index (χ4v) is 12.3. The van der Waals surface area contributed by atoms with Crippen molar-refractivity contribution in [2.24, 2.45) is 11.5 Å². The number of aromatic nitrogens is 5. The van der Waals surface area contributed by atoms with Gasteiger partial charge in [-0.05, 0) is 209 Å². The Bertz CT molecular complexity index is 5670. The maximum atomic E-state index is 13.6. The van der Waals surface area contributed by atoms with Crippen LogP contribution < -0.4 is 50.4 Å². The zero-order valence-corrected chi connectivity index (χ0v) is 57.4. The summed E-state index contributed by atoms with van der Waals surface area (Å²) in [5.41, 5.74) is 45.8. The number of benzene rings is 9. The van der Waals surface area contributed by atoms with E-state index in [4.69, 9.17) is 34.4 Å². The van der Waals surface area contributed by atoms with Crippen LogP contribution in [0.3, 0.4) is 0 Å². The molecule has 23 heteroatoms. The Hall–Kier alpha value is -13.5. The largest absolute Gasteiger partial charge is 0.383 e. The first-order chi connectivity index (χ1) is 51.1. The number of halogens is 4. The zero-order chi connectivity index (χ0) is 74.7. The fourth-order valence-electron chi connectivity index (χ4n) is 12.3. The molecule has 1 saturated heterocycles. The van der Waals surface area contributed by atoms with Crippen molar-refractivity contribution in [3.63, 3.8) is 0 Å². The average molecular weight is 1420 g/mol. The first-order valence-corrected chi connectivity index (χ1v) is 33.5. The third-order valence-electron chi connectivity index (χ3n) is 18.0. The molecule has 530 valence electrons. The smallest absolute Gasteiger partial charge is 0.257 e. The minimum atomic E-state index is -0.564. The Morgan fingerprint density at radius 2 is 0.726 bits per heavy atom. The van der Waals surface area contributed by atoms with E-state index in [1.165, 1.54) is 73.3 Å². The highest BCUT2D eigenvalue weighted by Gasteiger charge is 2.23. The molecule has 0 aliphatic carbocycles. The van der Waals surface area contributed by atoms with Gasteiger partial charge in [0.15, 0.2) is 0 Å². The summed E-state index contributed by atoms with van der Waals surface area (Å²) in [4.78, 5) is 72.8. The van der Waals surface area contributed by atoms with E-state index in [1.54, 1.807) is 85.1 Å². The first-order valence-electron chi connectivity index (χ1n) is 33.5. The molecule has 0 saturated carbocycles. The van der Waals surface area contributed by atoms with Gasteiger partial charge in [0.1, 0.15) is 46.5 Å². The van der Waals surface area contributed by atoms with Gasteiger partial charge in [0.2, 0.25) is 0 Å². The van der Waals surface area contributed by atoms with E-state index in [2.05, 4.69) is 52.8 Å². The molecule has 14 aromatic rings. The summed E-state index contributed by atoms with van der Waals surface area (Å²) < 4.78 is 54.0. The molecule has 0 spiro atoms. The second-order valence-electron chi connectivity index (χ2n) is 25.2. The number of aryl methyl sites for hydroxylation is 1. The summed E-state index contributed by atoms with van der Waals surface area (Å²) in [6, 6.07) is 58.2. The molecule has 0 radical (unpaired) electrons. The van der Waals surface area contributed by atoms with Gasteiger partial charge in [-0.3, -0.25) is 24.2 Å². The number of carbonyl (C=O) groups is 4. The van der Waals surface area contributed by atoms with Gasteiger partial charge < -0.3 is 55.3 Å². The average Bonchev–Trinajstić information content (AvgIpc) is 0.801. The van der Waals surface area contributed by atoms with E-state index >= 15 is 0 Å². The van der Waals surface area contributed by atoms with Crippen LogP contribution in [0.25, 0.3) is 87.6 Å². The second kappa shape index (κ2) is 32.2. The van der Waals surface area contributed by atoms with Crippen molar-refractivity contribution in [2.75, 3.05) is 53.7 Å². The lowest BCUT2D eigenvalue weighted by Gasteiger charge is -2.29. The number of pyridine rings is 5. The van der Waals surface area contributed by atoms with Gasteiger partial charge in [0, 0.05) is 70.3 Å². The third-order valence-corrected chi connectivity index (χ3v) is 18.0. The maximum Gasteiger partial charge on any atom is 0.257 e. The van der Waals surface area contributed by atoms with Gasteiger partial charge in [0.25, 0.3) is 23.6 Å². The highest BCUT2D eigenvalue weighted by molar-refractivity contribution is 6.16. The Kier molecular flexibility index (Phi) is 22.0. The minimum Gasteiger partial charge on any atom is -0.383 e. The Morgan fingerprint density at radius 1 is 0.396 bits per heavy atom. The Labute approximate surface area is 606 Å². The molecule has 0 bridgehead atoms. The van der Waals surface area contributed by atoms with Crippen molar-refractivity contribution in [3.8, 4) is 44.5 Å². The molecular formula is C83H71F4N15O4. The van der Waals surface area contributed by atoms with E-state index in [9.17, 15) is 36.7 Å². The number of hydrogen-bond acceptors (Lipinski definition) is 15. The first kappa shape index (κ1) is 72.3. The van der Waals surface area contributed by atoms with Crippen molar-refractivity contribution in [1.29, 1.82) is 0 Å². The lowest BCUT2D eigenvalue weighted by Crippen LogP contribution is -2.43. The molecule has 19 nitrogen and oxygen atoms in total. The molecule has 0 atom stereocenters. The molecule has 15 N–H and O–H groups in total. The molecular weight excluding hydrogens is 1350 g/mol. The predicted molar refractivity (Wildman–Crippen MR) is 412 cm³/mol. The highest BCUT2D eigenvalue weighted by atomic mass is 19.1. The molecule has 6 heterocycles. The van der Waals surface area contributed by atoms with Crippen LogP contribution in [0.2, 0.25) is 0 Å². The number of nitrogens with two attached hydrogens (primary N) is 6. The van der Waals surface area contributed by atoms with E-state index in [0.29, 0.717) is 101 Å². The lowest BCUT2D eigenvalue weighted by molar-refractivity contribution is 0.0916. The van der Waals surface area contributed by atoms with Gasteiger partial charge in [-0.15, -0.1) is 0 Å². The summed E-state index contributed by atoms with van der Waals surface area (Å²) in [7, 11) is 2.09. The standard InChI is InChI=1S/C23H19FN4O.C22H17FN4O.C22H23FN4O.C16H12FN3O/c24-17-3-1-2-15(10-17)16-6-9-19-20(11-16)22(26)27-13-21(19)23(29)28-18-7-4-14(12-25)5-8-18;1-13-5-7-17(11-25-13)27-22(28)20-12-26-21(24)19-10-15(6-8-18(19)20)14-3-2-4-16(23)9-14;1-27-9-7-17(8-10-27)26-22(28)20-13-25-21(24)19-12-15(5-6-18(19)20)14-3-2-4-16(23)11-14;17-11-3-1-2-9(6-11)10-4-5-12-13(7-10)15(18)20-8-14(12)16(19)21/h1-11,13H,12,25H2,(H2,26,27)(H,28,29);2-12H,1H3,(H2,24,26)(H,27,28);2-6,11-13,17H,7-10H2,1H3,(H2,24,25)(H,26,28);1-8H,(H2,18,20)(H2,19,21). The molecule has 5 aromatic heterocycles. The second-order valence-corrected chi connectivity index (χ2v) is 25.2. The normalized spacial score (nSPS) is 12.1. The quantitative estimate of drug-likeness (QED) is 0.0513. The van der Waals surface area contributed by atoms with Gasteiger partial charge in [-0.2, -0.15) is 0 Å². The number of amides is 4. The highest BCUT2D eigenvalue weighted by Crippen LogP contribution is 2.35. The minimum absolute atomic E-state index is 0.134. The summed E-state index contributed by atoms with van der Waals surface area (Å²) >= 11 is 0. The van der Waals surface area contributed by atoms with E-state index in [-0.39, 0.29) is 47.0 Å². The number of carbonyl (C=O) groups excluding carboxylic acids is 4.